The summed E-state index contributed by atoms with van der Waals surface area (Å²) in [5.41, 5.74) is 2.22. The van der Waals surface area contributed by atoms with Crippen LogP contribution in [-0.2, 0) is 11.2 Å². The first-order valence-corrected chi connectivity index (χ1v) is 6.12. The molecule has 1 aromatic carbocycles. The lowest BCUT2D eigenvalue weighted by molar-refractivity contribution is -0.131. The highest BCUT2D eigenvalue weighted by Crippen LogP contribution is 2.38. The van der Waals surface area contributed by atoms with Gasteiger partial charge in [0, 0.05) is 10.5 Å². The number of benzene rings is 1. The van der Waals surface area contributed by atoms with Crippen molar-refractivity contribution < 1.29 is 9.90 Å². The number of hydrogen-bond acceptors (Lipinski definition) is 1. The van der Waals surface area contributed by atoms with E-state index < -0.39 is 5.97 Å². The van der Waals surface area contributed by atoms with Gasteiger partial charge in [0.1, 0.15) is 0 Å². The fraction of sp³-hybridized carbons (Fsp3) is 0.308. The maximum atomic E-state index is 10.7. The molecule has 0 radical (unpaired) electrons. The Morgan fingerprint density at radius 1 is 1.38 bits per heavy atom. The summed E-state index contributed by atoms with van der Waals surface area (Å²) in [5.74, 6) is -0.334. The second-order valence-corrected chi connectivity index (χ2v) is 5.05. The molecular weight excluding hydrogens is 268 g/mol. The van der Waals surface area contributed by atoms with E-state index in [1.165, 1.54) is 11.6 Å². The zero-order valence-corrected chi connectivity index (χ0v) is 10.4. The number of aliphatic carboxylic acids is 1. The maximum Gasteiger partial charge on any atom is 0.328 e. The van der Waals surface area contributed by atoms with Gasteiger partial charge in [-0.2, -0.15) is 0 Å². The minimum Gasteiger partial charge on any atom is -0.478 e. The number of hydrogen-bond donors (Lipinski definition) is 1. The maximum absolute atomic E-state index is 10.7. The van der Waals surface area contributed by atoms with Gasteiger partial charge in [-0.3, -0.25) is 0 Å². The Hall–Kier alpha value is -1.09. The number of halogens is 1. The Morgan fingerprint density at radius 3 is 2.50 bits per heavy atom. The van der Waals surface area contributed by atoms with Gasteiger partial charge in [-0.05, 0) is 42.9 Å². The first-order chi connectivity index (χ1) is 7.65. The second-order valence-electron chi connectivity index (χ2n) is 4.14. The molecule has 0 aromatic heterocycles. The number of allylic oxidation sites excluding steroid dienone is 1. The summed E-state index contributed by atoms with van der Waals surface area (Å²) in [5, 5.41) is 8.80. The molecule has 1 aliphatic rings. The van der Waals surface area contributed by atoms with Crippen molar-refractivity contribution in [3.8, 4) is 0 Å². The van der Waals surface area contributed by atoms with Gasteiger partial charge in [-0.1, -0.05) is 33.6 Å². The van der Waals surface area contributed by atoms with E-state index in [-0.39, 0.29) is 0 Å². The number of carboxylic acids is 1. The van der Waals surface area contributed by atoms with Crippen molar-refractivity contribution in [3.63, 3.8) is 0 Å². The fourth-order valence-electron chi connectivity index (χ4n) is 1.76. The van der Waals surface area contributed by atoms with E-state index in [4.69, 9.17) is 5.11 Å². The predicted molar refractivity (Wildman–Crippen MR) is 66.3 cm³/mol. The van der Waals surface area contributed by atoms with E-state index in [1.54, 1.807) is 0 Å². The van der Waals surface area contributed by atoms with Gasteiger partial charge in [-0.25, -0.2) is 4.79 Å². The Morgan fingerprint density at radius 2 is 2.00 bits per heavy atom. The van der Waals surface area contributed by atoms with Crippen LogP contribution in [0.4, 0.5) is 0 Å². The minimum atomic E-state index is -0.834. The average Bonchev–Trinajstić information content (AvgIpc) is 3.03. The van der Waals surface area contributed by atoms with E-state index in [9.17, 15) is 4.79 Å². The zero-order valence-electron chi connectivity index (χ0n) is 8.82. The summed E-state index contributed by atoms with van der Waals surface area (Å²) >= 11 is 3.38. The molecule has 1 N–H and O–H groups in total. The topological polar surface area (TPSA) is 37.3 Å². The monoisotopic (exact) mass is 280 g/mol. The van der Waals surface area contributed by atoms with Gasteiger partial charge in [0.25, 0.3) is 0 Å². The molecule has 1 fully saturated rings. The van der Waals surface area contributed by atoms with Crippen LogP contribution in [0, 0.1) is 5.92 Å². The Kier molecular flexibility index (Phi) is 3.44. The molecule has 2 nitrogen and oxygen atoms in total. The zero-order chi connectivity index (χ0) is 11.5. The van der Waals surface area contributed by atoms with E-state index in [2.05, 4.69) is 15.9 Å². The molecule has 84 valence electrons. The number of rotatable bonds is 4. The predicted octanol–water partition coefficient (Wildman–Crippen LogP) is 3.41. The van der Waals surface area contributed by atoms with Gasteiger partial charge in [0.15, 0.2) is 0 Å². The van der Waals surface area contributed by atoms with E-state index in [0.717, 1.165) is 29.3 Å². The first kappa shape index (κ1) is 11.4. The third kappa shape index (κ3) is 3.20. The third-order valence-electron chi connectivity index (χ3n) is 2.73. The first-order valence-electron chi connectivity index (χ1n) is 5.33. The second kappa shape index (κ2) is 4.83. The van der Waals surface area contributed by atoms with Crippen LogP contribution in [-0.4, -0.2) is 11.1 Å². The van der Waals surface area contributed by atoms with Crippen molar-refractivity contribution in [2.45, 2.75) is 19.3 Å². The normalized spacial score (nSPS) is 16.2. The summed E-state index contributed by atoms with van der Waals surface area (Å²) in [6.07, 6.45) is 4.40. The molecule has 1 aromatic rings. The van der Waals surface area contributed by atoms with Crippen molar-refractivity contribution in [2.75, 3.05) is 0 Å². The Labute approximate surface area is 103 Å². The lowest BCUT2D eigenvalue weighted by Gasteiger charge is -2.05. The van der Waals surface area contributed by atoms with E-state index in [1.807, 2.05) is 24.3 Å². The van der Waals surface area contributed by atoms with Crippen LogP contribution in [0.2, 0.25) is 0 Å². The third-order valence-corrected chi connectivity index (χ3v) is 3.26. The van der Waals surface area contributed by atoms with E-state index >= 15 is 0 Å². The van der Waals surface area contributed by atoms with Crippen LogP contribution in [0.15, 0.2) is 40.4 Å². The molecule has 1 saturated carbocycles. The molecule has 0 heterocycles. The molecule has 16 heavy (non-hydrogen) atoms. The van der Waals surface area contributed by atoms with Gasteiger partial charge in [0.05, 0.1) is 0 Å². The molecule has 2 rings (SSSR count). The van der Waals surface area contributed by atoms with E-state index in [0.29, 0.717) is 5.92 Å². The molecule has 0 unspecified atom stereocenters. The standard InChI is InChI=1S/C13H13BrO2/c14-12-5-1-9(2-6-12)7-11(8-13(15)16)10-3-4-10/h1-2,5-6,8,10H,3-4,7H2,(H,15,16)/b11-8-. The highest BCUT2D eigenvalue weighted by molar-refractivity contribution is 9.10. The molecule has 0 bridgehead atoms. The molecule has 0 spiro atoms. The molecule has 1 aliphatic carbocycles. The summed E-state index contributed by atoms with van der Waals surface area (Å²) in [6, 6.07) is 8.03. The van der Waals surface area contributed by atoms with Crippen LogP contribution >= 0.6 is 15.9 Å². The van der Waals surface area contributed by atoms with Crippen molar-refractivity contribution in [1.29, 1.82) is 0 Å². The molecule has 0 atom stereocenters. The molecule has 0 amide bonds. The van der Waals surface area contributed by atoms with Crippen LogP contribution in [0.5, 0.6) is 0 Å². The lowest BCUT2D eigenvalue weighted by Crippen LogP contribution is -1.98. The van der Waals surface area contributed by atoms with Crippen LogP contribution in [0.3, 0.4) is 0 Å². The highest BCUT2D eigenvalue weighted by Gasteiger charge is 2.26. The number of carboxylic acid groups (broad SMARTS) is 1. The highest BCUT2D eigenvalue weighted by atomic mass is 79.9. The average molecular weight is 281 g/mol. The van der Waals surface area contributed by atoms with Crippen molar-refractivity contribution >= 4 is 21.9 Å². The molecule has 3 heteroatoms. The quantitative estimate of drug-likeness (QED) is 0.859. The summed E-state index contributed by atoms with van der Waals surface area (Å²) < 4.78 is 1.05. The Balaban J connectivity index is 2.11. The van der Waals surface area contributed by atoms with Gasteiger partial charge < -0.3 is 5.11 Å². The van der Waals surface area contributed by atoms with Crippen LogP contribution in [0.1, 0.15) is 18.4 Å². The Bertz CT molecular complexity index is 416. The van der Waals surface area contributed by atoms with Crippen molar-refractivity contribution in [1.82, 2.24) is 0 Å². The lowest BCUT2D eigenvalue weighted by atomic mass is 10.0. The van der Waals surface area contributed by atoms with Crippen molar-refractivity contribution in [2.24, 2.45) is 5.92 Å². The molecule has 0 aliphatic heterocycles. The minimum absolute atomic E-state index is 0.500. The summed E-state index contributed by atoms with van der Waals surface area (Å²) in [6.45, 7) is 0. The van der Waals surface area contributed by atoms with Gasteiger partial charge in [-0.15, -0.1) is 0 Å². The number of carbonyl (C=O) groups is 1. The molecular formula is C13H13BrO2. The fourth-order valence-corrected chi connectivity index (χ4v) is 2.03. The summed E-state index contributed by atoms with van der Waals surface area (Å²) in [4.78, 5) is 10.7. The largest absolute Gasteiger partial charge is 0.478 e. The van der Waals surface area contributed by atoms with Crippen LogP contribution < -0.4 is 0 Å². The van der Waals surface area contributed by atoms with Crippen molar-refractivity contribution in [3.05, 3.63) is 46.0 Å². The van der Waals surface area contributed by atoms with Gasteiger partial charge in [0.2, 0.25) is 0 Å². The van der Waals surface area contributed by atoms with Crippen LogP contribution in [0.25, 0.3) is 0 Å². The SMILES string of the molecule is O=C(O)/C=C(/Cc1ccc(Br)cc1)C1CC1. The smallest absolute Gasteiger partial charge is 0.328 e. The van der Waals surface area contributed by atoms with Gasteiger partial charge >= 0.3 is 5.97 Å². The molecule has 0 saturated heterocycles. The summed E-state index contributed by atoms with van der Waals surface area (Å²) in [7, 11) is 0.